The molecular weight excluding hydrogens is 166 g/mol. The number of nitrogens with one attached hydrogen (secondary N) is 2. The second-order valence-corrected chi connectivity index (χ2v) is 2.69. The summed E-state index contributed by atoms with van der Waals surface area (Å²) in [6.07, 6.45) is 8.71. The Bertz CT molecular complexity index is 189. The fourth-order valence-electron chi connectivity index (χ4n) is 1.18. The molecule has 0 radical (unpaired) electrons. The van der Waals surface area contributed by atoms with Gasteiger partial charge in [-0.3, -0.25) is 0 Å². The van der Waals surface area contributed by atoms with Gasteiger partial charge in [0, 0.05) is 13.7 Å². The third-order valence-electron chi connectivity index (χ3n) is 1.92. The van der Waals surface area contributed by atoms with Crippen LogP contribution in [0.4, 0.5) is 0 Å². The molecule has 0 amide bonds. The lowest BCUT2D eigenvalue weighted by atomic mass is 10.2. The molecule has 0 heterocycles. The van der Waals surface area contributed by atoms with Crippen LogP contribution in [-0.2, 0) is 4.74 Å². The molecule has 0 fully saturated rings. The first kappa shape index (κ1) is 12.0. The van der Waals surface area contributed by atoms with E-state index in [0.29, 0.717) is 6.54 Å². The highest BCUT2D eigenvalue weighted by Crippen LogP contribution is 2.11. The molecular formula is C9H17N3O. The van der Waals surface area contributed by atoms with Gasteiger partial charge in [-0.25, -0.2) is 11.1 Å². The molecule has 0 spiro atoms. The lowest BCUT2D eigenvalue weighted by Gasteiger charge is -2.06. The molecule has 1 rings (SSSR count). The number of nitrogens with two attached hydrogens (primary N) is 1. The first-order valence-electron chi connectivity index (χ1n) is 4.22. The second kappa shape index (κ2) is 7.64. The average Bonchev–Trinajstić information content (AvgIpc) is 2.45. The molecule has 4 nitrogen and oxygen atoms in total. The minimum Gasteiger partial charge on any atom is -0.377 e. The van der Waals surface area contributed by atoms with Gasteiger partial charge < -0.3 is 10.5 Å². The summed E-state index contributed by atoms with van der Waals surface area (Å²) in [5, 5.41) is 0. The van der Waals surface area contributed by atoms with Crippen molar-refractivity contribution in [2.45, 2.75) is 18.9 Å². The molecule has 1 aliphatic carbocycles. The van der Waals surface area contributed by atoms with Gasteiger partial charge in [0.2, 0.25) is 0 Å². The summed E-state index contributed by atoms with van der Waals surface area (Å²) in [6, 6.07) is 0. The van der Waals surface area contributed by atoms with Crippen LogP contribution < -0.4 is 5.73 Å². The van der Waals surface area contributed by atoms with Gasteiger partial charge in [0.05, 0.1) is 6.10 Å². The van der Waals surface area contributed by atoms with Crippen LogP contribution >= 0.6 is 0 Å². The highest BCUT2D eigenvalue weighted by molar-refractivity contribution is 5.22. The topological polar surface area (TPSA) is 83.0 Å². The Morgan fingerprint density at radius 3 is 2.85 bits per heavy atom. The molecule has 0 aromatic carbocycles. The van der Waals surface area contributed by atoms with Crippen molar-refractivity contribution in [2.75, 3.05) is 13.7 Å². The van der Waals surface area contributed by atoms with Crippen molar-refractivity contribution in [3.8, 4) is 0 Å². The summed E-state index contributed by atoms with van der Waals surface area (Å²) >= 11 is 0. The van der Waals surface area contributed by atoms with E-state index in [1.54, 1.807) is 7.11 Å². The second-order valence-electron chi connectivity index (χ2n) is 2.69. The van der Waals surface area contributed by atoms with Crippen LogP contribution in [0.25, 0.3) is 0 Å². The fraction of sp³-hybridized carbons (Fsp3) is 0.556. The molecule has 1 unspecified atom stereocenters. The van der Waals surface area contributed by atoms with E-state index >= 15 is 0 Å². The van der Waals surface area contributed by atoms with Crippen molar-refractivity contribution in [1.29, 1.82) is 11.1 Å². The van der Waals surface area contributed by atoms with Crippen molar-refractivity contribution >= 4 is 0 Å². The highest BCUT2D eigenvalue weighted by Gasteiger charge is 2.04. The number of hydrogen-bond donors (Lipinski definition) is 3. The molecule has 1 aliphatic rings. The quantitative estimate of drug-likeness (QED) is 0.571. The van der Waals surface area contributed by atoms with E-state index in [4.69, 9.17) is 21.5 Å². The average molecular weight is 183 g/mol. The Morgan fingerprint density at radius 2 is 2.31 bits per heavy atom. The molecule has 4 N–H and O–H groups in total. The Kier molecular flexibility index (Phi) is 7.05. The highest BCUT2D eigenvalue weighted by atomic mass is 16.5. The lowest BCUT2D eigenvalue weighted by Crippen LogP contribution is -2.04. The van der Waals surface area contributed by atoms with Crippen molar-refractivity contribution in [3.63, 3.8) is 0 Å². The van der Waals surface area contributed by atoms with Crippen molar-refractivity contribution in [3.05, 3.63) is 23.8 Å². The zero-order chi connectivity index (χ0) is 10.1. The van der Waals surface area contributed by atoms with Crippen LogP contribution in [-0.4, -0.2) is 19.8 Å². The number of allylic oxidation sites excluding steroid dienone is 1. The fourth-order valence-corrected chi connectivity index (χ4v) is 1.18. The Morgan fingerprint density at radius 1 is 1.62 bits per heavy atom. The van der Waals surface area contributed by atoms with E-state index in [0.717, 1.165) is 12.8 Å². The van der Waals surface area contributed by atoms with E-state index in [-0.39, 0.29) is 6.10 Å². The van der Waals surface area contributed by atoms with Gasteiger partial charge in [-0.1, -0.05) is 18.2 Å². The third kappa shape index (κ3) is 4.55. The minimum atomic E-state index is 0.273. The maximum atomic E-state index is 5.50. The summed E-state index contributed by atoms with van der Waals surface area (Å²) in [7, 11) is 1.74. The lowest BCUT2D eigenvalue weighted by molar-refractivity contribution is 0.135. The summed E-state index contributed by atoms with van der Waals surface area (Å²) in [5.41, 5.74) is 16.7. The first-order valence-corrected chi connectivity index (χ1v) is 4.22. The summed E-state index contributed by atoms with van der Waals surface area (Å²) in [5.74, 6) is 0. The van der Waals surface area contributed by atoms with Gasteiger partial charge >= 0.3 is 0 Å². The predicted molar refractivity (Wildman–Crippen MR) is 51.7 cm³/mol. The monoisotopic (exact) mass is 183 g/mol. The molecule has 0 aromatic heterocycles. The zero-order valence-electron chi connectivity index (χ0n) is 7.92. The van der Waals surface area contributed by atoms with Gasteiger partial charge in [-0.05, 0) is 18.4 Å². The molecule has 74 valence electrons. The van der Waals surface area contributed by atoms with Gasteiger partial charge in [0.1, 0.15) is 0 Å². The van der Waals surface area contributed by atoms with Crippen molar-refractivity contribution in [1.82, 2.24) is 0 Å². The van der Waals surface area contributed by atoms with E-state index in [9.17, 15) is 0 Å². The molecule has 1 atom stereocenters. The van der Waals surface area contributed by atoms with Crippen molar-refractivity contribution in [2.24, 2.45) is 5.73 Å². The van der Waals surface area contributed by atoms with Crippen LogP contribution in [0.15, 0.2) is 23.8 Å². The molecule has 0 aliphatic heterocycles. The first-order chi connectivity index (χ1) is 6.36. The summed E-state index contributed by atoms with van der Waals surface area (Å²) in [6.45, 7) is 0.632. The zero-order valence-corrected chi connectivity index (χ0v) is 7.92. The number of hydrogen-bond acceptors (Lipinski definition) is 4. The van der Waals surface area contributed by atoms with Crippen LogP contribution in [0.1, 0.15) is 12.8 Å². The van der Waals surface area contributed by atoms with Gasteiger partial charge in [-0.2, -0.15) is 0 Å². The van der Waals surface area contributed by atoms with Crippen molar-refractivity contribution < 1.29 is 4.74 Å². The van der Waals surface area contributed by atoms with Crippen LogP contribution in [0.2, 0.25) is 0 Å². The molecule has 0 aromatic rings. The molecule has 0 saturated carbocycles. The van der Waals surface area contributed by atoms with Gasteiger partial charge in [-0.15, -0.1) is 0 Å². The normalized spacial score (nSPS) is 21.1. The standard InChI is InChI=1S/C9H15NO.H2N2/c1-11-9-4-2-3-8(7-10)5-6-9;1-2/h3,5-6,9H,2,4,7,10H2,1H3;1-2H. The number of rotatable bonds is 2. The molecule has 0 bridgehead atoms. The number of ether oxygens (including phenoxy) is 1. The van der Waals surface area contributed by atoms with E-state index in [2.05, 4.69) is 18.2 Å². The minimum absolute atomic E-state index is 0.273. The maximum absolute atomic E-state index is 5.50. The number of methoxy groups -OCH3 is 1. The van der Waals surface area contributed by atoms with Gasteiger partial charge in [0.25, 0.3) is 0 Å². The SMILES string of the molecule is COC1C=CC(CN)=CCC1.N=N. The van der Waals surface area contributed by atoms with E-state index in [1.165, 1.54) is 5.57 Å². The van der Waals surface area contributed by atoms with Gasteiger partial charge in [0.15, 0.2) is 0 Å². The molecule has 0 saturated heterocycles. The van der Waals surface area contributed by atoms with E-state index < -0.39 is 0 Å². The predicted octanol–water partition coefficient (Wildman–Crippen LogP) is 1.83. The van der Waals surface area contributed by atoms with Crippen LogP contribution in [0, 0.1) is 11.1 Å². The summed E-state index contributed by atoms with van der Waals surface area (Å²) in [4.78, 5) is 0. The largest absolute Gasteiger partial charge is 0.377 e. The van der Waals surface area contributed by atoms with E-state index in [1.807, 2.05) is 0 Å². The Hall–Kier alpha value is -1.00. The maximum Gasteiger partial charge on any atom is 0.0758 e. The molecule has 4 heteroatoms. The van der Waals surface area contributed by atoms with Crippen LogP contribution in [0.5, 0.6) is 0 Å². The molecule has 13 heavy (non-hydrogen) atoms. The van der Waals surface area contributed by atoms with Crippen LogP contribution in [0.3, 0.4) is 0 Å². The summed E-state index contributed by atoms with van der Waals surface area (Å²) < 4.78 is 5.20. The third-order valence-corrected chi connectivity index (χ3v) is 1.92. The smallest absolute Gasteiger partial charge is 0.0758 e. The Labute approximate surface area is 78.8 Å². The Balaban J connectivity index is 0.000000671.